The first-order valence-corrected chi connectivity index (χ1v) is 21.0. The monoisotopic (exact) mass is 833 g/mol. The third-order valence-corrected chi connectivity index (χ3v) is 14.1. The summed E-state index contributed by atoms with van der Waals surface area (Å²) in [4.78, 5) is 90.8. The maximum absolute atomic E-state index is 12.5. The molecule has 1 aromatic rings. The van der Waals surface area contributed by atoms with Gasteiger partial charge in [-0.05, 0) is 42.7 Å². The smallest absolute Gasteiger partial charge is 0.326 e. The maximum Gasteiger partial charge on any atom is 0.326 e. The Morgan fingerprint density at radius 2 is 1.61 bits per heavy atom. The number of hydrogen-bond acceptors (Lipinski definition) is 18. The first-order valence-electron chi connectivity index (χ1n) is 14.4. The lowest BCUT2D eigenvalue weighted by Crippen LogP contribution is -2.57. The van der Waals surface area contributed by atoms with E-state index in [2.05, 4.69) is 32.3 Å². The van der Waals surface area contributed by atoms with Crippen molar-refractivity contribution in [1.29, 1.82) is 0 Å². The van der Waals surface area contributed by atoms with E-state index in [4.69, 9.17) is 27.9 Å². The van der Waals surface area contributed by atoms with E-state index < -0.39 is 85.0 Å². The predicted octanol–water partition coefficient (Wildman–Crippen LogP) is 2.26. The number of urea groups is 1. The van der Waals surface area contributed by atoms with Crippen molar-refractivity contribution in [1.82, 2.24) is 10.2 Å². The Kier molecular flexibility index (Phi) is 11.2. The average Bonchev–Trinajstić information content (AvgIpc) is 3.44. The zero-order valence-electron chi connectivity index (χ0n) is 26.2. The molecular weight excluding hydrogens is 809 g/mol. The molecule has 3 heterocycles. The molecule has 0 radical (unpaired) electrons. The zero-order valence-corrected chi connectivity index (χ0v) is 31.3. The van der Waals surface area contributed by atoms with E-state index in [1.165, 1.54) is 17.0 Å². The Morgan fingerprint density at radius 1 is 0.980 bits per heavy atom. The standard InChI is InChI=1S/C25H29Cl2N3O17P4/c1-12-10-30(24(33)29-23(12)32)19-7-5-14(43-19)11-42-48(34,35)45-50(38,39)47-51(40,41)46-49(36,37)44-13-4-6-17-15(8-13)25(2,3)20-18(28-17)9-16(26)22(31)21(20)27/h4,6,8-9,12,14,19H,5,7,10-11H2,1-3H3,(H,34,35)(H,36,37)(H,38,39)(H,40,41)(H,29,32,33)/p-4. The van der Waals surface area contributed by atoms with Gasteiger partial charge < -0.3 is 33.4 Å². The molecule has 280 valence electrons. The molecule has 0 spiro atoms. The lowest BCUT2D eigenvalue weighted by molar-refractivity contribution is -0.253. The molecule has 1 N–H and O–H groups in total. The quantitative estimate of drug-likeness (QED) is 0.233. The number of aliphatic imine (C=N–C) groups is 1. The van der Waals surface area contributed by atoms with Crippen molar-refractivity contribution in [3.63, 3.8) is 0 Å². The van der Waals surface area contributed by atoms with Crippen molar-refractivity contribution >= 4 is 83.6 Å². The number of ketones is 1. The van der Waals surface area contributed by atoms with Crippen LogP contribution >= 0.6 is 54.5 Å². The van der Waals surface area contributed by atoms with Crippen LogP contribution in [0.15, 0.2) is 44.9 Å². The third kappa shape index (κ3) is 9.18. The average molecular weight is 834 g/mol. The molecule has 2 saturated heterocycles. The van der Waals surface area contributed by atoms with Gasteiger partial charge in [-0.2, -0.15) is 0 Å². The number of rotatable bonds is 12. The third-order valence-electron chi connectivity index (χ3n) is 7.74. The fourth-order valence-corrected chi connectivity index (χ4v) is 10.9. The van der Waals surface area contributed by atoms with Gasteiger partial charge in [0.1, 0.15) is 12.0 Å². The van der Waals surface area contributed by atoms with E-state index in [1.54, 1.807) is 20.8 Å². The van der Waals surface area contributed by atoms with Crippen LogP contribution < -0.4 is 29.4 Å². The molecule has 2 fully saturated rings. The predicted molar refractivity (Wildman–Crippen MR) is 166 cm³/mol. The number of phosphoric ester groups is 2. The Labute approximate surface area is 298 Å². The van der Waals surface area contributed by atoms with E-state index in [9.17, 15) is 52.2 Å². The molecule has 0 bridgehead atoms. The number of amides is 3. The van der Waals surface area contributed by atoms with Crippen LogP contribution in [0.3, 0.4) is 0 Å². The number of allylic oxidation sites excluding steroid dienone is 4. The van der Waals surface area contributed by atoms with Crippen LogP contribution in [0.4, 0.5) is 10.5 Å². The fourth-order valence-electron chi connectivity index (χ4n) is 5.49. The number of halogens is 2. The molecule has 0 aromatic heterocycles. The van der Waals surface area contributed by atoms with Crippen LogP contribution in [0.25, 0.3) is 0 Å². The van der Waals surface area contributed by atoms with Gasteiger partial charge in [0, 0.05) is 17.5 Å². The Balaban J connectivity index is 1.18. The molecule has 7 unspecified atom stereocenters. The topological polar surface area (TPSA) is 295 Å². The minimum Gasteiger partial charge on any atom is -0.756 e. The van der Waals surface area contributed by atoms with Gasteiger partial charge in [0.2, 0.25) is 11.7 Å². The van der Waals surface area contributed by atoms with Crippen molar-refractivity contribution in [2.75, 3.05) is 13.2 Å². The number of imide groups is 1. The normalized spacial score (nSPS) is 27.9. The Morgan fingerprint density at radius 3 is 2.27 bits per heavy atom. The first kappa shape index (κ1) is 40.1. The van der Waals surface area contributed by atoms with Crippen molar-refractivity contribution in [2.45, 2.75) is 51.4 Å². The molecule has 7 atom stereocenters. The summed E-state index contributed by atoms with van der Waals surface area (Å²) in [7, 11) is -24.9. The Bertz CT molecular complexity index is 1990. The van der Waals surface area contributed by atoms with Crippen molar-refractivity contribution in [2.24, 2.45) is 10.9 Å². The van der Waals surface area contributed by atoms with Crippen LogP contribution in [0.2, 0.25) is 0 Å². The van der Waals surface area contributed by atoms with E-state index in [0.29, 0.717) is 0 Å². The number of nitrogens with one attached hydrogen (secondary N) is 1. The van der Waals surface area contributed by atoms with Crippen molar-refractivity contribution in [3.05, 3.63) is 45.5 Å². The highest BCUT2D eigenvalue weighted by Crippen LogP contribution is 2.66. The lowest BCUT2D eigenvalue weighted by atomic mass is 9.71. The number of carbonyl (C=O) groups is 3. The fraction of sp³-hybridized carbons (Fsp3) is 0.440. The summed E-state index contributed by atoms with van der Waals surface area (Å²) in [5.41, 5.74) is -0.0299. The molecular formula is C25H25Cl2N3O17P4-4. The number of ether oxygens (including phenoxy) is 1. The minimum absolute atomic E-state index is 0.0216. The summed E-state index contributed by atoms with van der Waals surface area (Å²) >= 11 is 12.2. The number of phosphoric acid groups is 4. The summed E-state index contributed by atoms with van der Waals surface area (Å²) in [6.45, 7) is 3.99. The van der Waals surface area contributed by atoms with Crippen LogP contribution in [0.5, 0.6) is 5.75 Å². The van der Waals surface area contributed by atoms with Gasteiger partial charge in [-0.3, -0.25) is 38.1 Å². The molecule has 1 aliphatic carbocycles. The van der Waals surface area contributed by atoms with E-state index in [0.717, 1.165) is 12.1 Å². The first-order chi connectivity index (χ1) is 23.4. The minimum atomic E-state index is -6.49. The second-order valence-corrected chi connectivity index (χ2v) is 18.6. The summed E-state index contributed by atoms with van der Waals surface area (Å²) in [5, 5.41) is 1.73. The van der Waals surface area contributed by atoms with Crippen LogP contribution in [0.1, 0.15) is 39.2 Å². The van der Waals surface area contributed by atoms with Crippen molar-refractivity contribution in [3.8, 4) is 5.75 Å². The highest BCUT2D eigenvalue weighted by atomic mass is 35.5. The van der Waals surface area contributed by atoms with E-state index in [-0.39, 0.29) is 52.0 Å². The van der Waals surface area contributed by atoms with Crippen LogP contribution in [-0.4, -0.2) is 53.8 Å². The lowest BCUT2D eigenvalue weighted by Gasteiger charge is -2.37. The molecule has 26 heteroatoms. The van der Waals surface area contributed by atoms with E-state index >= 15 is 0 Å². The van der Waals surface area contributed by atoms with E-state index in [1.807, 2.05) is 0 Å². The van der Waals surface area contributed by atoms with Crippen molar-refractivity contribution < 1.29 is 78.9 Å². The molecule has 0 saturated carbocycles. The van der Waals surface area contributed by atoms with Crippen LogP contribution in [-0.2, 0) is 55.5 Å². The number of fused-ring (bicyclic) bond motifs is 2. The van der Waals surface area contributed by atoms with Gasteiger partial charge in [0.25, 0.3) is 23.5 Å². The Hall–Kier alpha value is -2.08. The number of Topliss-reactive ketones (excluding diaryl/α,β-unsaturated/α-hetero) is 1. The van der Waals surface area contributed by atoms with Gasteiger partial charge >= 0.3 is 13.9 Å². The zero-order chi connectivity index (χ0) is 37.9. The molecule has 51 heavy (non-hydrogen) atoms. The van der Waals surface area contributed by atoms with Gasteiger partial charge in [0.15, 0.2) is 0 Å². The second-order valence-electron chi connectivity index (χ2n) is 11.9. The summed E-state index contributed by atoms with van der Waals surface area (Å²) < 4.78 is 74.9. The SMILES string of the molecule is CC1CN(C2CCC(COP(=O)([O-])OP(=O)([O-])OP(=O)([O-])OP(=O)([O-])Oc3ccc4c(c3)C(C)(C)C3=C(Cl)C(=O)C(Cl)=CC3=N4)O2)C(=O)NC1=O. The molecule has 20 nitrogen and oxygen atoms in total. The maximum atomic E-state index is 12.5. The molecule has 3 amide bonds. The van der Waals surface area contributed by atoms with Gasteiger partial charge in [0.05, 0.1) is 40.1 Å². The van der Waals surface area contributed by atoms with Gasteiger partial charge in [-0.25, -0.2) is 22.7 Å². The number of carbonyl (C=O) groups excluding carboxylic acids is 3. The summed E-state index contributed by atoms with van der Waals surface area (Å²) in [5.74, 6) is -2.25. The van der Waals surface area contributed by atoms with Gasteiger partial charge in [-0.1, -0.05) is 44.0 Å². The van der Waals surface area contributed by atoms with Gasteiger partial charge in [-0.15, -0.1) is 0 Å². The summed E-state index contributed by atoms with van der Waals surface area (Å²) in [6.07, 6.45) is -0.248. The number of benzene rings is 1. The highest BCUT2D eigenvalue weighted by molar-refractivity contribution is 7.68. The molecule has 3 aliphatic heterocycles. The number of nitrogens with zero attached hydrogens (tertiary/aromatic N) is 2. The van der Waals surface area contributed by atoms with Crippen LogP contribution in [0, 0.1) is 5.92 Å². The second kappa shape index (κ2) is 14.3. The highest BCUT2D eigenvalue weighted by Gasteiger charge is 2.42. The largest absolute Gasteiger partial charge is 0.756 e. The molecule has 4 aliphatic rings. The molecule has 1 aromatic carbocycles. The molecule has 5 rings (SSSR count). The number of hydrogen-bond donors (Lipinski definition) is 1. The summed E-state index contributed by atoms with van der Waals surface area (Å²) in [6, 6.07) is 2.72.